The zero-order valence-corrected chi connectivity index (χ0v) is 9.80. The quantitative estimate of drug-likeness (QED) is 0.844. The Kier molecular flexibility index (Phi) is 2.64. The molecule has 14 heavy (non-hydrogen) atoms. The molecule has 0 aliphatic heterocycles. The predicted molar refractivity (Wildman–Crippen MR) is 59.9 cm³/mol. The summed E-state index contributed by atoms with van der Waals surface area (Å²) in [6.07, 6.45) is 2.36. The molecule has 1 aliphatic rings. The van der Waals surface area contributed by atoms with Gasteiger partial charge in [-0.05, 0) is 43.0 Å². The van der Waals surface area contributed by atoms with Gasteiger partial charge in [0.25, 0.3) is 0 Å². The fourth-order valence-corrected chi connectivity index (χ4v) is 2.33. The Morgan fingerprint density at radius 1 is 1.50 bits per heavy atom. The molecule has 0 unspecified atom stereocenters. The number of benzene rings is 1. The van der Waals surface area contributed by atoms with Crippen LogP contribution in [0, 0.1) is 6.92 Å². The first-order valence-electron chi connectivity index (χ1n) is 4.76. The summed E-state index contributed by atoms with van der Waals surface area (Å²) in [5.41, 5.74) is 2.89. The third-order valence-corrected chi connectivity index (χ3v) is 3.48. The number of rotatable bonds is 3. The van der Waals surface area contributed by atoms with E-state index in [1.165, 1.54) is 24.0 Å². The average Bonchev–Trinajstić information content (AvgIpc) is 2.91. The lowest BCUT2D eigenvalue weighted by Gasteiger charge is -2.17. The number of halogens is 1. The molecule has 2 N–H and O–H groups in total. The molecule has 1 fully saturated rings. The van der Waals surface area contributed by atoms with Gasteiger partial charge in [-0.1, -0.05) is 22.0 Å². The van der Waals surface area contributed by atoms with Crippen molar-refractivity contribution in [2.45, 2.75) is 25.2 Å². The van der Waals surface area contributed by atoms with Crippen molar-refractivity contribution in [2.75, 3.05) is 6.61 Å². The molecular formula is C11H14BrNO. The lowest BCUT2D eigenvalue weighted by molar-refractivity contribution is 0.116. The maximum absolute atomic E-state index is 5.17. The minimum absolute atomic E-state index is 0.197. The molecule has 1 aromatic rings. The van der Waals surface area contributed by atoms with Gasteiger partial charge in [-0.3, -0.25) is 0 Å². The third-order valence-electron chi connectivity index (χ3n) is 2.98. The standard InChI is InChI=1S/C11H14BrNO/c1-8-2-3-9(12)6-10(8)11(4-5-11)7-14-13/h2-3,6H,4-5,7,13H2,1H3. The number of aryl methyl sites for hydroxylation is 1. The zero-order chi connectivity index (χ0) is 10.2. The van der Waals surface area contributed by atoms with Crippen molar-refractivity contribution in [1.29, 1.82) is 0 Å². The molecule has 1 aliphatic carbocycles. The highest BCUT2D eigenvalue weighted by Gasteiger charge is 2.45. The normalized spacial score (nSPS) is 18.2. The van der Waals surface area contributed by atoms with Crippen LogP contribution in [0.2, 0.25) is 0 Å². The van der Waals surface area contributed by atoms with Crippen LogP contribution in [0.25, 0.3) is 0 Å². The summed E-state index contributed by atoms with van der Waals surface area (Å²) >= 11 is 3.50. The second-order valence-corrected chi connectivity index (χ2v) is 4.97. The second-order valence-electron chi connectivity index (χ2n) is 4.05. The van der Waals surface area contributed by atoms with Crippen molar-refractivity contribution in [1.82, 2.24) is 0 Å². The molecule has 1 aromatic carbocycles. The van der Waals surface area contributed by atoms with Crippen LogP contribution in [-0.4, -0.2) is 6.61 Å². The summed E-state index contributed by atoms with van der Waals surface area (Å²) in [4.78, 5) is 4.80. The smallest absolute Gasteiger partial charge is 0.0776 e. The van der Waals surface area contributed by atoms with Crippen LogP contribution in [0.5, 0.6) is 0 Å². The first-order valence-corrected chi connectivity index (χ1v) is 5.56. The van der Waals surface area contributed by atoms with E-state index in [9.17, 15) is 0 Å². The van der Waals surface area contributed by atoms with Crippen molar-refractivity contribution in [3.8, 4) is 0 Å². The molecule has 0 radical (unpaired) electrons. The van der Waals surface area contributed by atoms with E-state index >= 15 is 0 Å². The Labute approximate surface area is 92.5 Å². The fraction of sp³-hybridized carbons (Fsp3) is 0.455. The molecule has 0 heterocycles. The maximum atomic E-state index is 5.17. The van der Waals surface area contributed by atoms with Crippen LogP contribution in [0.15, 0.2) is 22.7 Å². The molecule has 2 nitrogen and oxygen atoms in total. The Bertz CT molecular complexity index is 347. The molecular weight excluding hydrogens is 242 g/mol. The highest BCUT2D eigenvalue weighted by atomic mass is 79.9. The van der Waals surface area contributed by atoms with E-state index in [0.717, 1.165) is 4.47 Å². The van der Waals surface area contributed by atoms with E-state index in [-0.39, 0.29) is 5.41 Å². The average molecular weight is 256 g/mol. The summed E-state index contributed by atoms with van der Waals surface area (Å²) in [5, 5.41) is 0. The van der Waals surface area contributed by atoms with Gasteiger partial charge >= 0.3 is 0 Å². The van der Waals surface area contributed by atoms with Crippen molar-refractivity contribution in [2.24, 2.45) is 5.90 Å². The molecule has 0 spiro atoms. The van der Waals surface area contributed by atoms with Crippen LogP contribution < -0.4 is 5.90 Å². The second kappa shape index (κ2) is 3.65. The fourth-order valence-electron chi connectivity index (χ4n) is 1.97. The highest BCUT2D eigenvalue weighted by Crippen LogP contribution is 2.49. The van der Waals surface area contributed by atoms with E-state index in [1.54, 1.807) is 0 Å². The SMILES string of the molecule is Cc1ccc(Br)cc1C1(CON)CC1. The van der Waals surface area contributed by atoms with Crippen molar-refractivity contribution >= 4 is 15.9 Å². The minimum Gasteiger partial charge on any atom is -0.304 e. The summed E-state index contributed by atoms with van der Waals surface area (Å²) in [6, 6.07) is 6.38. The van der Waals surface area contributed by atoms with Crippen LogP contribution in [0.3, 0.4) is 0 Å². The van der Waals surface area contributed by atoms with E-state index in [4.69, 9.17) is 10.7 Å². The van der Waals surface area contributed by atoms with E-state index in [0.29, 0.717) is 6.61 Å². The van der Waals surface area contributed by atoms with Crippen LogP contribution in [0.4, 0.5) is 0 Å². The Morgan fingerprint density at radius 2 is 2.21 bits per heavy atom. The van der Waals surface area contributed by atoms with Gasteiger partial charge in [0.15, 0.2) is 0 Å². The predicted octanol–water partition coefficient (Wildman–Crippen LogP) is 2.68. The summed E-state index contributed by atoms with van der Waals surface area (Å²) < 4.78 is 1.13. The number of hydrogen-bond acceptors (Lipinski definition) is 2. The van der Waals surface area contributed by atoms with Crippen LogP contribution in [-0.2, 0) is 10.3 Å². The molecule has 3 heteroatoms. The van der Waals surface area contributed by atoms with Crippen LogP contribution >= 0.6 is 15.9 Å². The van der Waals surface area contributed by atoms with Gasteiger partial charge in [-0.25, -0.2) is 5.90 Å². The Balaban J connectivity index is 2.35. The van der Waals surface area contributed by atoms with Gasteiger partial charge < -0.3 is 4.84 Å². The van der Waals surface area contributed by atoms with Gasteiger partial charge in [0.1, 0.15) is 0 Å². The van der Waals surface area contributed by atoms with E-state index in [1.807, 2.05) is 0 Å². The Morgan fingerprint density at radius 3 is 2.79 bits per heavy atom. The molecule has 2 rings (SSSR count). The van der Waals surface area contributed by atoms with Gasteiger partial charge in [0.05, 0.1) is 6.61 Å². The molecule has 76 valence electrons. The van der Waals surface area contributed by atoms with E-state index in [2.05, 4.69) is 41.1 Å². The minimum atomic E-state index is 0.197. The summed E-state index contributed by atoms with van der Waals surface area (Å²) in [5.74, 6) is 5.17. The van der Waals surface area contributed by atoms with Gasteiger partial charge in [0.2, 0.25) is 0 Å². The van der Waals surface area contributed by atoms with Crippen molar-refractivity contribution in [3.05, 3.63) is 33.8 Å². The lowest BCUT2D eigenvalue weighted by atomic mass is 9.93. The van der Waals surface area contributed by atoms with E-state index < -0.39 is 0 Å². The van der Waals surface area contributed by atoms with Crippen molar-refractivity contribution < 1.29 is 4.84 Å². The molecule has 0 aromatic heterocycles. The van der Waals surface area contributed by atoms with Crippen molar-refractivity contribution in [3.63, 3.8) is 0 Å². The van der Waals surface area contributed by atoms with Gasteiger partial charge in [-0.15, -0.1) is 0 Å². The lowest BCUT2D eigenvalue weighted by Crippen LogP contribution is -2.19. The monoisotopic (exact) mass is 255 g/mol. The highest BCUT2D eigenvalue weighted by molar-refractivity contribution is 9.10. The van der Waals surface area contributed by atoms with Gasteiger partial charge in [0, 0.05) is 9.89 Å². The summed E-state index contributed by atoms with van der Waals surface area (Å²) in [6.45, 7) is 2.77. The first kappa shape index (κ1) is 10.1. The molecule has 0 bridgehead atoms. The number of nitrogens with two attached hydrogens (primary N) is 1. The van der Waals surface area contributed by atoms with Crippen LogP contribution in [0.1, 0.15) is 24.0 Å². The largest absolute Gasteiger partial charge is 0.304 e. The maximum Gasteiger partial charge on any atom is 0.0776 e. The Hall–Kier alpha value is -0.380. The molecule has 0 amide bonds. The third kappa shape index (κ3) is 1.72. The topological polar surface area (TPSA) is 35.2 Å². The summed E-state index contributed by atoms with van der Waals surface area (Å²) in [7, 11) is 0. The first-order chi connectivity index (χ1) is 6.68. The number of hydrogen-bond donors (Lipinski definition) is 1. The molecule has 0 saturated heterocycles. The van der Waals surface area contributed by atoms with Gasteiger partial charge in [-0.2, -0.15) is 0 Å². The zero-order valence-electron chi connectivity index (χ0n) is 8.22. The molecule has 1 saturated carbocycles. The molecule has 0 atom stereocenters.